The number of likely N-dealkylation sites (tertiary alicyclic amines) is 1. The van der Waals surface area contributed by atoms with Gasteiger partial charge in [0.05, 0.1) is 5.92 Å². The smallest absolute Gasteiger partial charge is 0.326 e. The number of carbonyl (C=O) groups excluding carboxylic acids is 1. The van der Waals surface area contributed by atoms with E-state index in [4.69, 9.17) is 0 Å². The van der Waals surface area contributed by atoms with Gasteiger partial charge in [-0.2, -0.15) is 0 Å². The standard InChI is InChI=1S/C16H19NO3/c18-15(17-10-4-9-14(17)16(19)20)13-8-3-6-11-5-1-2-7-12(11)13/h1-2,5,7,13-14H,3-4,6,8-10H2,(H,19,20)/t13-,14+/m0/s1. The van der Waals surface area contributed by atoms with Gasteiger partial charge in [0.15, 0.2) is 0 Å². The number of hydrogen-bond acceptors (Lipinski definition) is 2. The van der Waals surface area contributed by atoms with E-state index >= 15 is 0 Å². The Kier molecular flexibility index (Phi) is 3.47. The van der Waals surface area contributed by atoms with E-state index < -0.39 is 12.0 Å². The summed E-state index contributed by atoms with van der Waals surface area (Å²) < 4.78 is 0. The van der Waals surface area contributed by atoms with Gasteiger partial charge in [-0.3, -0.25) is 4.79 Å². The van der Waals surface area contributed by atoms with Crippen LogP contribution < -0.4 is 0 Å². The van der Waals surface area contributed by atoms with E-state index in [1.54, 1.807) is 4.90 Å². The van der Waals surface area contributed by atoms with Gasteiger partial charge in [-0.05, 0) is 43.2 Å². The highest BCUT2D eigenvalue weighted by molar-refractivity contribution is 5.89. The van der Waals surface area contributed by atoms with E-state index in [-0.39, 0.29) is 11.8 Å². The Balaban J connectivity index is 1.87. The van der Waals surface area contributed by atoms with Gasteiger partial charge in [0.2, 0.25) is 5.91 Å². The van der Waals surface area contributed by atoms with Gasteiger partial charge >= 0.3 is 5.97 Å². The van der Waals surface area contributed by atoms with Crippen LogP contribution in [0.2, 0.25) is 0 Å². The Bertz CT molecular complexity index is 540. The third-order valence-electron chi connectivity index (χ3n) is 4.49. The van der Waals surface area contributed by atoms with Crippen molar-refractivity contribution in [3.8, 4) is 0 Å². The molecule has 1 saturated heterocycles. The van der Waals surface area contributed by atoms with E-state index in [9.17, 15) is 14.7 Å². The Labute approximate surface area is 118 Å². The summed E-state index contributed by atoms with van der Waals surface area (Å²) in [6.07, 6.45) is 4.21. The Morgan fingerprint density at radius 2 is 1.95 bits per heavy atom. The molecule has 0 spiro atoms. The summed E-state index contributed by atoms with van der Waals surface area (Å²) in [4.78, 5) is 25.6. The van der Waals surface area contributed by atoms with Gasteiger partial charge < -0.3 is 10.0 Å². The minimum absolute atomic E-state index is 0.00190. The first-order valence-corrected chi connectivity index (χ1v) is 7.29. The number of benzene rings is 1. The molecule has 0 aromatic heterocycles. The molecule has 4 heteroatoms. The fourth-order valence-corrected chi connectivity index (χ4v) is 3.50. The summed E-state index contributed by atoms with van der Waals surface area (Å²) in [5.74, 6) is -1.03. The molecule has 0 bridgehead atoms. The summed E-state index contributed by atoms with van der Waals surface area (Å²) in [6, 6.07) is 7.43. The zero-order chi connectivity index (χ0) is 14.1. The van der Waals surface area contributed by atoms with E-state index in [2.05, 4.69) is 6.07 Å². The minimum Gasteiger partial charge on any atom is -0.480 e. The zero-order valence-electron chi connectivity index (χ0n) is 11.4. The number of aryl methyl sites for hydroxylation is 1. The molecule has 20 heavy (non-hydrogen) atoms. The Morgan fingerprint density at radius 3 is 2.75 bits per heavy atom. The van der Waals surface area contributed by atoms with Gasteiger partial charge in [-0.25, -0.2) is 4.79 Å². The first-order valence-electron chi connectivity index (χ1n) is 7.29. The molecule has 4 nitrogen and oxygen atoms in total. The molecular weight excluding hydrogens is 254 g/mol. The molecular formula is C16H19NO3. The van der Waals surface area contributed by atoms with Crippen LogP contribution in [0.4, 0.5) is 0 Å². The van der Waals surface area contributed by atoms with Crippen LogP contribution in [-0.4, -0.2) is 34.5 Å². The second-order valence-corrected chi connectivity index (χ2v) is 5.67. The van der Waals surface area contributed by atoms with Crippen LogP contribution in [0, 0.1) is 0 Å². The highest BCUT2D eigenvalue weighted by Crippen LogP contribution is 2.34. The van der Waals surface area contributed by atoms with Crippen molar-refractivity contribution < 1.29 is 14.7 Å². The average molecular weight is 273 g/mol. The first kappa shape index (κ1) is 13.2. The third-order valence-corrected chi connectivity index (χ3v) is 4.49. The summed E-state index contributed by atoms with van der Waals surface area (Å²) in [6.45, 7) is 0.578. The topological polar surface area (TPSA) is 57.6 Å². The SMILES string of the molecule is O=C(O)[C@H]1CCCN1C(=O)[C@H]1CCCc2ccccc21. The van der Waals surface area contributed by atoms with Gasteiger partial charge in [-0.15, -0.1) is 0 Å². The van der Waals surface area contributed by atoms with Crippen LogP contribution in [0.15, 0.2) is 24.3 Å². The van der Waals surface area contributed by atoms with Crippen molar-refractivity contribution in [1.82, 2.24) is 4.90 Å². The number of nitrogens with zero attached hydrogens (tertiary/aromatic N) is 1. The predicted molar refractivity (Wildman–Crippen MR) is 74.5 cm³/mol. The molecule has 106 valence electrons. The van der Waals surface area contributed by atoms with E-state index in [0.717, 1.165) is 31.2 Å². The number of fused-ring (bicyclic) bond motifs is 1. The highest BCUT2D eigenvalue weighted by atomic mass is 16.4. The molecule has 1 aliphatic heterocycles. The number of amides is 1. The summed E-state index contributed by atoms with van der Waals surface area (Å²) in [5, 5.41) is 9.23. The third kappa shape index (κ3) is 2.19. The lowest BCUT2D eigenvalue weighted by molar-refractivity contribution is -0.148. The Morgan fingerprint density at radius 1 is 1.15 bits per heavy atom. The maximum absolute atomic E-state index is 12.7. The highest BCUT2D eigenvalue weighted by Gasteiger charge is 2.38. The second-order valence-electron chi connectivity index (χ2n) is 5.67. The van der Waals surface area contributed by atoms with E-state index in [0.29, 0.717) is 13.0 Å². The van der Waals surface area contributed by atoms with Crippen LogP contribution in [0.5, 0.6) is 0 Å². The lowest BCUT2D eigenvalue weighted by Gasteiger charge is -2.30. The molecule has 2 aliphatic rings. The molecule has 1 N–H and O–H groups in total. The molecule has 2 atom stereocenters. The lowest BCUT2D eigenvalue weighted by Crippen LogP contribution is -2.43. The van der Waals surface area contributed by atoms with Gasteiger partial charge in [-0.1, -0.05) is 24.3 Å². The van der Waals surface area contributed by atoms with E-state index in [1.807, 2.05) is 18.2 Å². The molecule has 0 radical (unpaired) electrons. The monoisotopic (exact) mass is 273 g/mol. The van der Waals surface area contributed by atoms with Gasteiger partial charge in [0, 0.05) is 6.54 Å². The molecule has 3 rings (SSSR count). The molecule has 0 saturated carbocycles. The number of aliphatic carboxylic acids is 1. The van der Waals surface area contributed by atoms with Crippen LogP contribution in [0.3, 0.4) is 0 Å². The maximum atomic E-state index is 12.7. The fraction of sp³-hybridized carbons (Fsp3) is 0.500. The van der Waals surface area contributed by atoms with Crippen molar-refractivity contribution >= 4 is 11.9 Å². The fourth-order valence-electron chi connectivity index (χ4n) is 3.50. The normalized spacial score (nSPS) is 25.3. The predicted octanol–water partition coefficient (Wildman–Crippen LogP) is 2.18. The van der Waals surface area contributed by atoms with Crippen molar-refractivity contribution in [2.24, 2.45) is 0 Å². The summed E-state index contributed by atoms with van der Waals surface area (Å²) >= 11 is 0. The van der Waals surface area contributed by atoms with Gasteiger partial charge in [0.1, 0.15) is 6.04 Å². The Hall–Kier alpha value is -1.84. The number of hydrogen-bond donors (Lipinski definition) is 1. The number of carboxylic acid groups (broad SMARTS) is 1. The van der Waals surface area contributed by atoms with Crippen molar-refractivity contribution in [2.45, 2.75) is 44.1 Å². The molecule has 1 aromatic carbocycles. The molecule has 1 amide bonds. The lowest BCUT2D eigenvalue weighted by atomic mass is 9.82. The molecule has 0 unspecified atom stereocenters. The molecule has 1 fully saturated rings. The average Bonchev–Trinajstić information content (AvgIpc) is 2.95. The zero-order valence-corrected chi connectivity index (χ0v) is 11.4. The molecule has 1 aliphatic carbocycles. The largest absolute Gasteiger partial charge is 0.480 e. The number of carbonyl (C=O) groups is 2. The molecule has 1 heterocycles. The summed E-state index contributed by atoms with van der Waals surface area (Å²) in [7, 11) is 0. The van der Waals surface area contributed by atoms with Crippen LogP contribution in [0.25, 0.3) is 0 Å². The van der Waals surface area contributed by atoms with Crippen LogP contribution >= 0.6 is 0 Å². The van der Waals surface area contributed by atoms with Crippen molar-refractivity contribution in [1.29, 1.82) is 0 Å². The second kappa shape index (κ2) is 5.27. The maximum Gasteiger partial charge on any atom is 0.326 e. The number of carboxylic acids is 1. The first-order chi connectivity index (χ1) is 9.68. The van der Waals surface area contributed by atoms with Crippen molar-refractivity contribution in [3.63, 3.8) is 0 Å². The number of rotatable bonds is 2. The summed E-state index contributed by atoms with van der Waals surface area (Å²) in [5.41, 5.74) is 2.34. The van der Waals surface area contributed by atoms with Crippen molar-refractivity contribution in [3.05, 3.63) is 35.4 Å². The van der Waals surface area contributed by atoms with Gasteiger partial charge in [0.25, 0.3) is 0 Å². The minimum atomic E-state index is -0.875. The van der Waals surface area contributed by atoms with Crippen LogP contribution in [0.1, 0.15) is 42.7 Å². The van der Waals surface area contributed by atoms with Crippen LogP contribution in [-0.2, 0) is 16.0 Å². The van der Waals surface area contributed by atoms with E-state index in [1.165, 1.54) is 5.56 Å². The quantitative estimate of drug-likeness (QED) is 0.898. The molecule has 1 aromatic rings. The van der Waals surface area contributed by atoms with Crippen molar-refractivity contribution in [2.75, 3.05) is 6.54 Å².